The van der Waals surface area contributed by atoms with Crippen LogP contribution in [0.2, 0.25) is 0 Å². The zero-order valence-electron chi connectivity index (χ0n) is 19.2. The summed E-state index contributed by atoms with van der Waals surface area (Å²) in [7, 11) is 0. The molecule has 0 radical (unpaired) electrons. The van der Waals surface area contributed by atoms with E-state index in [2.05, 4.69) is 20.8 Å². The third-order valence-corrected chi connectivity index (χ3v) is 9.17. The van der Waals surface area contributed by atoms with E-state index in [0.29, 0.717) is 18.4 Å². The number of fused-ring (bicyclic) bond motifs is 4. The van der Waals surface area contributed by atoms with Gasteiger partial charge in [0.15, 0.2) is 0 Å². The molecule has 0 unspecified atom stereocenters. The first-order chi connectivity index (χ1) is 14.4. The van der Waals surface area contributed by atoms with Crippen LogP contribution in [0.15, 0.2) is 11.1 Å². The van der Waals surface area contributed by atoms with E-state index in [9.17, 15) is 14.4 Å². The van der Waals surface area contributed by atoms with Crippen molar-refractivity contribution in [3.8, 4) is 0 Å². The highest BCUT2D eigenvalue weighted by Gasteiger charge is 2.77. The quantitative estimate of drug-likeness (QED) is 0.376. The molecule has 1 saturated heterocycles. The zero-order valence-corrected chi connectivity index (χ0v) is 19.2. The predicted octanol–water partition coefficient (Wildman–Crippen LogP) is 3.10. The van der Waals surface area contributed by atoms with E-state index in [1.165, 1.54) is 13.8 Å². The molecule has 0 aromatic rings. The average molecular weight is 433 g/mol. The average Bonchev–Trinajstić information content (AvgIpc) is 3.30. The van der Waals surface area contributed by atoms with Crippen LogP contribution in [0.25, 0.3) is 0 Å². The summed E-state index contributed by atoms with van der Waals surface area (Å²) in [4.78, 5) is 36.2. The third-order valence-electron chi connectivity index (χ3n) is 9.17. The van der Waals surface area contributed by atoms with Gasteiger partial charge >= 0.3 is 17.9 Å². The molecule has 0 bridgehead atoms. The Labute approximate surface area is 182 Å². The Bertz CT molecular complexity index is 904. The Morgan fingerprint density at radius 3 is 2.29 bits per heavy atom. The fraction of sp³-hybridized carbons (Fsp3) is 0.792. The summed E-state index contributed by atoms with van der Waals surface area (Å²) < 4.78 is 23.8. The Hall–Kier alpha value is -1.89. The maximum Gasteiger partial charge on any atom is 0.334 e. The molecule has 0 N–H and O–H groups in total. The minimum Gasteiger partial charge on any atom is -0.462 e. The molecule has 170 valence electrons. The second-order valence-electron chi connectivity index (χ2n) is 10.9. The second kappa shape index (κ2) is 6.33. The second-order valence-corrected chi connectivity index (χ2v) is 10.9. The van der Waals surface area contributed by atoms with Crippen molar-refractivity contribution in [2.24, 2.45) is 22.7 Å². The van der Waals surface area contributed by atoms with Gasteiger partial charge in [0.1, 0.15) is 30.0 Å². The van der Waals surface area contributed by atoms with Crippen LogP contribution < -0.4 is 0 Å². The van der Waals surface area contributed by atoms with Crippen LogP contribution in [-0.2, 0) is 33.3 Å². The van der Waals surface area contributed by atoms with Gasteiger partial charge in [-0.2, -0.15) is 0 Å². The van der Waals surface area contributed by atoms with Gasteiger partial charge in [-0.15, -0.1) is 0 Å². The molecule has 0 amide bonds. The zero-order chi connectivity index (χ0) is 22.5. The standard InChI is InChI=1S/C24H32O7/c1-11-19-14(30-21(11)27)9-16-23(6)15(7-8-24(16)20(19)31-24)22(4,5)17(28-12(2)25)10-18(23)29-13(3)26/h14-18,20H,7-10H2,1-6H3/t14-,15-,16+,17+,18-,20-,23-,24+/m1/s1. The molecule has 7 heteroatoms. The number of carbonyl (C=O) groups is 3. The van der Waals surface area contributed by atoms with E-state index < -0.39 is 6.10 Å². The molecule has 3 saturated carbocycles. The molecule has 5 aliphatic rings. The molecule has 7 nitrogen and oxygen atoms in total. The lowest BCUT2D eigenvalue weighted by atomic mass is 9.42. The highest BCUT2D eigenvalue weighted by Crippen LogP contribution is 2.72. The Morgan fingerprint density at radius 1 is 1.00 bits per heavy atom. The van der Waals surface area contributed by atoms with Crippen molar-refractivity contribution in [3.63, 3.8) is 0 Å². The fourth-order valence-corrected chi connectivity index (χ4v) is 7.81. The predicted molar refractivity (Wildman–Crippen MR) is 109 cm³/mol. The third kappa shape index (κ3) is 2.65. The van der Waals surface area contributed by atoms with E-state index in [1.54, 1.807) is 0 Å². The summed E-state index contributed by atoms with van der Waals surface area (Å²) in [6.45, 7) is 11.2. The number of hydrogen-bond donors (Lipinski definition) is 0. The van der Waals surface area contributed by atoms with Crippen LogP contribution in [0.4, 0.5) is 0 Å². The molecule has 8 atom stereocenters. The van der Waals surface area contributed by atoms with Gasteiger partial charge in [0, 0.05) is 48.2 Å². The van der Waals surface area contributed by atoms with E-state index in [1.807, 2.05) is 6.92 Å². The number of carbonyl (C=O) groups excluding carboxylic acids is 3. The van der Waals surface area contributed by atoms with Gasteiger partial charge in [-0.25, -0.2) is 4.79 Å². The molecule has 0 aromatic heterocycles. The van der Waals surface area contributed by atoms with Gasteiger partial charge in [0.25, 0.3) is 0 Å². The van der Waals surface area contributed by atoms with Crippen molar-refractivity contribution in [3.05, 3.63) is 11.1 Å². The van der Waals surface area contributed by atoms with Crippen LogP contribution in [0.1, 0.15) is 67.2 Å². The first-order valence-corrected chi connectivity index (χ1v) is 11.4. The van der Waals surface area contributed by atoms with E-state index in [-0.39, 0.29) is 64.5 Å². The van der Waals surface area contributed by atoms with E-state index in [4.69, 9.17) is 18.9 Å². The van der Waals surface area contributed by atoms with Crippen molar-refractivity contribution in [1.82, 2.24) is 0 Å². The summed E-state index contributed by atoms with van der Waals surface area (Å²) in [5, 5.41) is 0. The minimum absolute atomic E-state index is 0.0816. The molecule has 31 heavy (non-hydrogen) atoms. The van der Waals surface area contributed by atoms with Gasteiger partial charge in [-0.1, -0.05) is 20.8 Å². The molecule has 3 aliphatic carbocycles. The summed E-state index contributed by atoms with van der Waals surface area (Å²) >= 11 is 0. The lowest BCUT2D eigenvalue weighted by Crippen LogP contribution is -2.66. The van der Waals surface area contributed by atoms with Gasteiger partial charge in [-0.05, 0) is 32.1 Å². The van der Waals surface area contributed by atoms with Gasteiger partial charge in [0.2, 0.25) is 0 Å². The van der Waals surface area contributed by atoms with Crippen molar-refractivity contribution < 1.29 is 33.3 Å². The summed E-state index contributed by atoms with van der Waals surface area (Å²) in [5.41, 5.74) is 0.706. The van der Waals surface area contributed by atoms with Crippen LogP contribution in [0, 0.1) is 22.7 Å². The van der Waals surface area contributed by atoms with Crippen LogP contribution in [-0.4, -0.2) is 47.9 Å². The summed E-state index contributed by atoms with van der Waals surface area (Å²) in [5.74, 6) is -0.660. The van der Waals surface area contributed by atoms with Crippen molar-refractivity contribution in [2.45, 2.75) is 97.2 Å². The Kier molecular flexibility index (Phi) is 4.29. The maximum atomic E-state index is 12.3. The Morgan fingerprint density at radius 2 is 1.65 bits per heavy atom. The van der Waals surface area contributed by atoms with Gasteiger partial charge in [0.05, 0.1) is 0 Å². The monoisotopic (exact) mass is 432 g/mol. The largest absolute Gasteiger partial charge is 0.462 e. The van der Waals surface area contributed by atoms with Crippen LogP contribution in [0.5, 0.6) is 0 Å². The van der Waals surface area contributed by atoms with E-state index in [0.717, 1.165) is 18.4 Å². The number of rotatable bonds is 2. The van der Waals surface area contributed by atoms with Crippen LogP contribution >= 0.6 is 0 Å². The summed E-state index contributed by atoms with van der Waals surface area (Å²) in [6.07, 6.45) is 1.82. The highest BCUT2D eigenvalue weighted by atomic mass is 16.6. The number of epoxide rings is 1. The molecule has 2 heterocycles. The normalized spacial score (nSPS) is 46.7. The van der Waals surface area contributed by atoms with Crippen molar-refractivity contribution in [1.29, 1.82) is 0 Å². The van der Waals surface area contributed by atoms with Crippen LogP contribution in [0.3, 0.4) is 0 Å². The van der Waals surface area contributed by atoms with Crippen molar-refractivity contribution in [2.75, 3.05) is 0 Å². The first-order valence-electron chi connectivity index (χ1n) is 11.4. The lowest BCUT2D eigenvalue weighted by molar-refractivity contribution is -0.232. The molecule has 5 rings (SSSR count). The molecule has 1 spiro atoms. The molecular formula is C24H32O7. The highest BCUT2D eigenvalue weighted by molar-refractivity contribution is 5.92. The summed E-state index contributed by atoms with van der Waals surface area (Å²) in [6, 6.07) is 0. The molecular weight excluding hydrogens is 400 g/mol. The maximum absolute atomic E-state index is 12.3. The lowest BCUT2D eigenvalue weighted by Gasteiger charge is -2.63. The van der Waals surface area contributed by atoms with Crippen molar-refractivity contribution >= 4 is 17.9 Å². The van der Waals surface area contributed by atoms with Gasteiger partial charge in [-0.3, -0.25) is 9.59 Å². The molecule has 2 aliphatic heterocycles. The molecule has 4 fully saturated rings. The SMILES string of the molecule is CC(=O)O[C@H]1C[C@@H](OC(C)=O)[C@]2(C)[C@H](CC[C@@]34O[C@@H]3C3=C(C)C(=O)O[C@@H]3C[C@H]42)C1(C)C. The number of hydrogen-bond acceptors (Lipinski definition) is 7. The minimum atomic E-state index is -0.400. The number of esters is 3. The molecule has 0 aromatic carbocycles. The number of ether oxygens (including phenoxy) is 4. The van der Waals surface area contributed by atoms with E-state index >= 15 is 0 Å². The fourth-order valence-electron chi connectivity index (χ4n) is 7.81. The Balaban J connectivity index is 1.57. The first kappa shape index (κ1) is 21.0. The topological polar surface area (TPSA) is 91.4 Å². The van der Waals surface area contributed by atoms with Gasteiger partial charge < -0.3 is 18.9 Å². The smallest absolute Gasteiger partial charge is 0.334 e.